The first-order valence-electron chi connectivity index (χ1n) is 6.80. The van der Waals surface area contributed by atoms with Crippen molar-refractivity contribution in [2.45, 2.75) is 38.8 Å². The zero-order chi connectivity index (χ0) is 14.0. The van der Waals surface area contributed by atoms with Gasteiger partial charge in [0.25, 0.3) is 0 Å². The van der Waals surface area contributed by atoms with Crippen molar-refractivity contribution < 1.29 is 9.53 Å². The number of fused-ring (bicyclic) bond motifs is 1. The third-order valence-electron chi connectivity index (χ3n) is 3.83. The maximum absolute atomic E-state index is 11.9. The topological polar surface area (TPSA) is 64.4 Å². The number of rotatable bonds is 4. The number of amides is 1. The van der Waals surface area contributed by atoms with Gasteiger partial charge in [0.15, 0.2) is 0 Å². The van der Waals surface area contributed by atoms with Crippen molar-refractivity contribution in [1.82, 2.24) is 5.32 Å². The molecule has 0 spiro atoms. The second-order valence-electron chi connectivity index (χ2n) is 5.34. The number of benzene rings is 1. The van der Waals surface area contributed by atoms with Crippen LogP contribution in [-0.2, 0) is 4.79 Å². The van der Waals surface area contributed by atoms with Gasteiger partial charge in [0.1, 0.15) is 11.9 Å². The van der Waals surface area contributed by atoms with Crippen molar-refractivity contribution in [3.05, 3.63) is 29.8 Å². The van der Waals surface area contributed by atoms with Crippen molar-refractivity contribution in [1.29, 1.82) is 0 Å². The number of para-hydroxylation sites is 1. The SMILES string of the molecule is CC(CN)C(=O)NC(C)C1Oc2ccccc2C1C. The average molecular weight is 262 g/mol. The monoisotopic (exact) mass is 262 g/mol. The molecule has 4 unspecified atom stereocenters. The molecule has 0 saturated heterocycles. The van der Waals surface area contributed by atoms with Crippen LogP contribution in [0.2, 0.25) is 0 Å². The van der Waals surface area contributed by atoms with Crippen molar-refractivity contribution in [3.8, 4) is 5.75 Å². The molecule has 1 aliphatic heterocycles. The largest absolute Gasteiger partial charge is 0.487 e. The summed E-state index contributed by atoms with van der Waals surface area (Å²) in [5, 5.41) is 2.99. The summed E-state index contributed by atoms with van der Waals surface area (Å²) in [6.45, 7) is 6.30. The van der Waals surface area contributed by atoms with E-state index < -0.39 is 0 Å². The number of carbonyl (C=O) groups is 1. The summed E-state index contributed by atoms with van der Waals surface area (Å²) in [5.74, 6) is 1.02. The Kier molecular flexibility index (Phi) is 4.10. The Hall–Kier alpha value is -1.55. The third-order valence-corrected chi connectivity index (χ3v) is 3.83. The van der Waals surface area contributed by atoms with Crippen LogP contribution in [0.1, 0.15) is 32.3 Å². The van der Waals surface area contributed by atoms with Crippen LogP contribution in [0, 0.1) is 5.92 Å². The van der Waals surface area contributed by atoms with E-state index in [-0.39, 0.29) is 29.9 Å². The van der Waals surface area contributed by atoms with Crippen LogP contribution in [0.15, 0.2) is 24.3 Å². The van der Waals surface area contributed by atoms with Crippen LogP contribution in [0.25, 0.3) is 0 Å². The quantitative estimate of drug-likeness (QED) is 0.867. The van der Waals surface area contributed by atoms with E-state index in [4.69, 9.17) is 10.5 Å². The minimum Gasteiger partial charge on any atom is -0.487 e. The van der Waals surface area contributed by atoms with E-state index in [1.807, 2.05) is 32.0 Å². The highest BCUT2D eigenvalue weighted by atomic mass is 16.5. The molecule has 104 valence electrons. The molecule has 19 heavy (non-hydrogen) atoms. The normalized spacial score (nSPS) is 24.2. The Bertz CT molecular complexity index is 461. The van der Waals surface area contributed by atoms with E-state index in [2.05, 4.69) is 18.3 Å². The van der Waals surface area contributed by atoms with E-state index in [9.17, 15) is 4.79 Å². The number of ether oxygens (including phenoxy) is 1. The summed E-state index contributed by atoms with van der Waals surface area (Å²) < 4.78 is 5.95. The van der Waals surface area contributed by atoms with Crippen LogP contribution in [-0.4, -0.2) is 24.6 Å². The fourth-order valence-corrected chi connectivity index (χ4v) is 2.48. The van der Waals surface area contributed by atoms with Gasteiger partial charge < -0.3 is 15.8 Å². The summed E-state index contributed by atoms with van der Waals surface area (Å²) in [7, 11) is 0. The van der Waals surface area contributed by atoms with E-state index in [0.717, 1.165) is 5.75 Å². The van der Waals surface area contributed by atoms with Gasteiger partial charge in [-0.1, -0.05) is 32.0 Å². The van der Waals surface area contributed by atoms with Crippen molar-refractivity contribution in [3.63, 3.8) is 0 Å². The summed E-state index contributed by atoms with van der Waals surface area (Å²) in [6, 6.07) is 8.00. The van der Waals surface area contributed by atoms with E-state index in [1.165, 1.54) is 5.56 Å². The van der Waals surface area contributed by atoms with Crippen molar-refractivity contribution in [2.24, 2.45) is 11.7 Å². The molecule has 1 amide bonds. The number of nitrogens with two attached hydrogens (primary N) is 1. The Labute approximate surface area is 114 Å². The van der Waals surface area contributed by atoms with Crippen LogP contribution in [0.3, 0.4) is 0 Å². The Morgan fingerprint density at radius 2 is 2.11 bits per heavy atom. The fraction of sp³-hybridized carbons (Fsp3) is 0.533. The maximum atomic E-state index is 11.9. The summed E-state index contributed by atoms with van der Waals surface area (Å²) in [6.07, 6.45) is -0.0219. The first-order valence-corrected chi connectivity index (χ1v) is 6.80. The summed E-state index contributed by atoms with van der Waals surface area (Å²) in [5.41, 5.74) is 6.72. The molecule has 4 atom stereocenters. The Morgan fingerprint density at radius 3 is 2.74 bits per heavy atom. The molecule has 0 saturated carbocycles. The third kappa shape index (κ3) is 2.73. The van der Waals surface area contributed by atoms with Gasteiger partial charge in [0.05, 0.1) is 6.04 Å². The number of hydrogen-bond acceptors (Lipinski definition) is 3. The Balaban J connectivity index is 2.03. The minimum absolute atomic E-state index is 0.0123. The maximum Gasteiger partial charge on any atom is 0.224 e. The number of hydrogen-bond donors (Lipinski definition) is 2. The highest BCUT2D eigenvalue weighted by molar-refractivity contribution is 5.78. The van der Waals surface area contributed by atoms with Gasteiger partial charge in [-0.05, 0) is 13.0 Å². The highest BCUT2D eigenvalue weighted by Gasteiger charge is 2.35. The fourth-order valence-electron chi connectivity index (χ4n) is 2.48. The summed E-state index contributed by atoms with van der Waals surface area (Å²) >= 11 is 0. The minimum atomic E-state index is -0.165. The van der Waals surface area contributed by atoms with Crippen LogP contribution < -0.4 is 15.8 Å². The predicted molar refractivity (Wildman–Crippen MR) is 75.1 cm³/mol. The second-order valence-corrected chi connectivity index (χ2v) is 5.34. The number of nitrogens with one attached hydrogen (secondary N) is 1. The molecule has 0 aliphatic carbocycles. The van der Waals surface area contributed by atoms with Gasteiger partial charge in [-0.15, -0.1) is 0 Å². The van der Waals surface area contributed by atoms with Crippen LogP contribution in [0.5, 0.6) is 5.75 Å². The van der Waals surface area contributed by atoms with E-state index in [0.29, 0.717) is 6.54 Å². The second kappa shape index (κ2) is 5.61. The smallest absolute Gasteiger partial charge is 0.224 e. The molecular weight excluding hydrogens is 240 g/mol. The zero-order valence-corrected chi connectivity index (χ0v) is 11.7. The molecule has 0 bridgehead atoms. The van der Waals surface area contributed by atoms with Crippen molar-refractivity contribution in [2.75, 3.05) is 6.54 Å². The predicted octanol–water partition coefficient (Wildman–Crippen LogP) is 1.65. The van der Waals surface area contributed by atoms with Gasteiger partial charge in [0.2, 0.25) is 5.91 Å². The molecule has 1 aliphatic rings. The Morgan fingerprint density at radius 1 is 1.42 bits per heavy atom. The lowest BCUT2D eigenvalue weighted by Crippen LogP contribution is -2.47. The molecule has 1 heterocycles. The summed E-state index contributed by atoms with van der Waals surface area (Å²) in [4.78, 5) is 11.9. The molecule has 1 aromatic rings. The van der Waals surface area contributed by atoms with E-state index >= 15 is 0 Å². The molecule has 0 radical (unpaired) electrons. The van der Waals surface area contributed by atoms with Crippen LogP contribution in [0.4, 0.5) is 0 Å². The van der Waals surface area contributed by atoms with Crippen molar-refractivity contribution >= 4 is 5.91 Å². The molecule has 0 aromatic heterocycles. The lowest BCUT2D eigenvalue weighted by Gasteiger charge is -2.25. The molecule has 0 fully saturated rings. The molecule has 1 aromatic carbocycles. The average Bonchev–Trinajstić information content (AvgIpc) is 2.75. The highest BCUT2D eigenvalue weighted by Crippen LogP contribution is 2.38. The molecule has 3 N–H and O–H groups in total. The molecule has 4 heteroatoms. The van der Waals surface area contributed by atoms with Gasteiger partial charge in [-0.25, -0.2) is 0 Å². The van der Waals surface area contributed by atoms with Crippen LogP contribution >= 0.6 is 0 Å². The molecule has 4 nitrogen and oxygen atoms in total. The molecular formula is C15H22N2O2. The van der Waals surface area contributed by atoms with Gasteiger partial charge in [-0.2, -0.15) is 0 Å². The number of carbonyl (C=O) groups excluding carboxylic acids is 1. The lowest BCUT2D eigenvalue weighted by atomic mass is 9.93. The first kappa shape index (κ1) is 13.9. The lowest BCUT2D eigenvalue weighted by molar-refractivity contribution is -0.125. The van der Waals surface area contributed by atoms with Gasteiger partial charge >= 0.3 is 0 Å². The van der Waals surface area contributed by atoms with E-state index in [1.54, 1.807) is 0 Å². The van der Waals surface area contributed by atoms with Gasteiger partial charge in [-0.3, -0.25) is 4.79 Å². The van der Waals surface area contributed by atoms with Gasteiger partial charge in [0, 0.05) is 23.9 Å². The zero-order valence-electron chi connectivity index (χ0n) is 11.7. The standard InChI is InChI=1S/C15H22N2O2/c1-9(8-16)15(18)17-11(3)14-10(2)12-6-4-5-7-13(12)19-14/h4-7,9-11,14H,8,16H2,1-3H3,(H,17,18). The molecule has 2 rings (SSSR count). The first-order chi connectivity index (χ1) is 9.04.